The van der Waals surface area contributed by atoms with Crippen LogP contribution in [0.5, 0.6) is 11.5 Å². The minimum atomic E-state index is -0.323. The van der Waals surface area contributed by atoms with E-state index in [0.717, 1.165) is 12.1 Å². The number of hydrogen-bond donors (Lipinski definition) is 2. The number of carbonyl (C=O) groups is 2. The molecule has 0 aromatic heterocycles. The fourth-order valence-electron chi connectivity index (χ4n) is 3.22. The highest BCUT2D eigenvalue weighted by Crippen LogP contribution is 2.33. The summed E-state index contributed by atoms with van der Waals surface area (Å²) in [6.07, 6.45) is 1.19. The number of rotatable bonds is 6. The van der Waals surface area contributed by atoms with E-state index < -0.39 is 0 Å². The van der Waals surface area contributed by atoms with Crippen LogP contribution < -0.4 is 25.0 Å². The summed E-state index contributed by atoms with van der Waals surface area (Å²) in [4.78, 5) is 26.3. The molecule has 3 rings (SSSR count). The van der Waals surface area contributed by atoms with Gasteiger partial charge < -0.3 is 25.0 Å². The van der Waals surface area contributed by atoms with Crippen LogP contribution in [0.1, 0.15) is 18.9 Å². The molecule has 28 heavy (non-hydrogen) atoms. The van der Waals surface area contributed by atoms with E-state index in [0.29, 0.717) is 23.7 Å². The Hall–Kier alpha value is -3.22. The normalized spacial score (nSPS) is 16.0. The van der Waals surface area contributed by atoms with E-state index in [9.17, 15) is 9.59 Å². The summed E-state index contributed by atoms with van der Waals surface area (Å²) >= 11 is 0. The van der Waals surface area contributed by atoms with Crippen LogP contribution in [0.25, 0.3) is 0 Å². The molecule has 2 aromatic rings. The molecule has 1 saturated heterocycles. The molecular weight excluding hydrogens is 358 g/mol. The summed E-state index contributed by atoms with van der Waals surface area (Å²) in [7, 11) is 3.11. The monoisotopic (exact) mass is 383 g/mol. The first-order chi connectivity index (χ1) is 13.5. The maximum absolute atomic E-state index is 12.4. The maximum atomic E-state index is 12.4. The minimum absolute atomic E-state index is 0.0511. The van der Waals surface area contributed by atoms with Gasteiger partial charge in [0.25, 0.3) is 0 Å². The van der Waals surface area contributed by atoms with Crippen LogP contribution in [0.3, 0.4) is 0 Å². The van der Waals surface area contributed by atoms with E-state index in [2.05, 4.69) is 17.6 Å². The Morgan fingerprint density at radius 3 is 2.46 bits per heavy atom. The van der Waals surface area contributed by atoms with Gasteiger partial charge in [-0.3, -0.25) is 4.79 Å². The number of benzene rings is 2. The highest BCUT2D eigenvalue weighted by molar-refractivity contribution is 5.98. The van der Waals surface area contributed by atoms with E-state index in [-0.39, 0.29) is 24.4 Å². The van der Waals surface area contributed by atoms with E-state index in [1.807, 2.05) is 24.3 Å². The Bertz CT molecular complexity index is 851. The van der Waals surface area contributed by atoms with E-state index >= 15 is 0 Å². The standard InChI is InChI=1S/C21H25N3O4/c1-4-14-5-7-15(8-6-14)22-21(26)23-16-11-20(25)24(13-16)17-9-10-18(27-2)19(12-17)28-3/h5-10,12,16H,4,11,13H2,1-3H3,(H2,22,23,26)/t16-/m1/s1. The lowest BCUT2D eigenvalue weighted by atomic mass is 10.1. The molecule has 0 saturated carbocycles. The van der Waals surface area contributed by atoms with Gasteiger partial charge >= 0.3 is 6.03 Å². The largest absolute Gasteiger partial charge is 0.493 e. The molecule has 7 heteroatoms. The number of anilines is 2. The number of amides is 3. The molecule has 0 spiro atoms. The second-order valence-corrected chi connectivity index (χ2v) is 6.59. The molecule has 1 aliphatic heterocycles. The van der Waals surface area contributed by atoms with Crippen LogP contribution in [0.2, 0.25) is 0 Å². The zero-order valence-electron chi connectivity index (χ0n) is 16.3. The molecule has 7 nitrogen and oxygen atoms in total. The molecule has 3 amide bonds. The lowest BCUT2D eigenvalue weighted by molar-refractivity contribution is -0.117. The molecular formula is C21H25N3O4. The Morgan fingerprint density at radius 2 is 1.82 bits per heavy atom. The van der Waals surface area contributed by atoms with Crippen LogP contribution in [0.4, 0.5) is 16.2 Å². The lowest BCUT2D eigenvalue weighted by Crippen LogP contribution is -2.39. The number of aryl methyl sites for hydroxylation is 1. The van der Waals surface area contributed by atoms with Crippen LogP contribution in [-0.2, 0) is 11.2 Å². The van der Waals surface area contributed by atoms with Crippen molar-refractivity contribution in [1.82, 2.24) is 5.32 Å². The number of ether oxygens (including phenoxy) is 2. The molecule has 1 heterocycles. The van der Waals surface area contributed by atoms with Crippen molar-refractivity contribution in [1.29, 1.82) is 0 Å². The van der Waals surface area contributed by atoms with Gasteiger partial charge in [-0.05, 0) is 36.2 Å². The number of urea groups is 1. The first kappa shape index (κ1) is 19.5. The number of nitrogens with zero attached hydrogens (tertiary/aromatic N) is 1. The zero-order valence-corrected chi connectivity index (χ0v) is 16.3. The van der Waals surface area contributed by atoms with Gasteiger partial charge in [0, 0.05) is 30.4 Å². The second-order valence-electron chi connectivity index (χ2n) is 6.59. The molecule has 2 aromatic carbocycles. The maximum Gasteiger partial charge on any atom is 0.319 e. The van der Waals surface area contributed by atoms with Gasteiger partial charge in [-0.15, -0.1) is 0 Å². The van der Waals surface area contributed by atoms with E-state index in [1.165, 1.54) is 5.56 Å². The van der Waals surface area contributed by atoms with Gasteiger partial charge in [-0.1, -0.05) is 19.1 Å². The zero-order chi connectivity index (χ0) is 20.1. The molecule has 1 atom stereocenters. The number of carbonyl (C=O) groups excluding carboxylic acids is 2. The number of nitrogens with one attached hydrogen (secondary N) is 2. The van der Waals surface area contributed by atoms with Crippen molar-refractivity contribution in [3.05, 3.63) is 48.0 Å². The van der Waals surface area contributed by atoms with Crippen molar-refractivity contribution in [3.8, 4) is 11.5 Å². The molecule has 0 bridgehead atoms. The predicted molar refractivity (Wildman–Crippen MR) is 108 cm³/mol. The molecule has 1 fully saturated rings. The fourth-order valence-corrected chi connectivity index (χ4v) is 3.22. The highest BCUT2D eigenvalue weighted by atomic mass is 16.5. The smallest absolute Gasteiger partial charge is 0.319 e. The lowest BCUT2D eigenvalue weighted by Gasteiger charge is -2.19. The summed E-state index contributed by atoms with van der Waals surface area (Å²) in [5, 5.41) is 5.68. The summed E-state index contributed by atoms with van der Waals surface area (Å²) in [5.74, 6) is 1.10. The second kappa shape index (κ2) is 8.65. The molecule has 0 unspecified atom stereocenters. The fraction of sp³-hybridized carbons (Fsp3) is 0.333. The van der Waals surface area contributed by atoms with Crippen molar-refractivity contribution < 1.29 is 19.1 Å². The first-order valence-electron chi connectivity index (χ1n) is 9.23. The SMILES string of the molecule is CCc1ccc(NC(=O)N[C@@H]2CC(=O)N(c3ccc(OC)c(OC)c3)C2)cc1. The van der Waals surface area contributed by atoms with Gasteiger partial charge in [0.15, 0.2) is 11.5 Å². The van der Waals surface area contributed by atoms with Crippen molar-refractivity contribution in [2.24, 2.45) is 0 Å². The summed E-state index contributed by atoms with van der Waals surface area (Å²) < 4.78 is 10.5. The van der Waals surface area contributed by atoms with Gasteiger partial charge in [0.1, 0.15) is 0 Å². The van der Waals surface area contributed by atoms with Crippen molar-refractivity contribution in [2.45, 2.75) is 25.8 Å². The molecule has 1 aliphatic rings. The van der Waals surface area contributed by atoms with Crippen molar-refractivity contribution in [2.75, 3.05) is 31.0 Å². The average Bonchev–Trinajstić information content (AvgIpc) is 3.07. The van der Waals surface area contributed by atoms with Gasteiger partial charge in [0.05, 0.1) is 20.3 Å². The Kier molecular flexibility index (Phi) is 6.03. The topological polar surface area (TPSA) is 79.9 Å². The van der Waals surface area contributed by atoms with E-state index in [1.54, 1.807) is 37.3 Å². The molecule has 148 valence electrons. The average molecular weight is 383 g/mol. The van der Waals surface area contributed by atoms with Crippen molar-refractivity contribution in [3.63, 3.8) is 0 Å². The third kappa shape index (κ3) is 4.36. The van der Waals surface area contributed by atoms with Crippen LogP contribution in [0.15, 0.2) is 42.5 Å². The number of hydrogen-bond acceptors (Lipinski definition) is 4. The summed E-state index contributed by atoms with van der Waals surface area (Å²) in [5.41, 5.74) is 2.64. The third-order valence-electron chi connectivity index (χ3n) is 4.76. The Morgan fingerprint density at radius 1 is 1.11 bits per heavy atom. The predicted octanol–water partition coefficient (Wildman–Crippen LogP) is 3.19. The van der Waals surface area contributed by atoms with Crippen LogP contribution in [0, 0.1) is 0 Å². The molecule has 0 radical (unpaired) electrons. The molecule has 0 aliphatic carbocycles. The van der Waals surface area contributed by atoms with Gasteiger partial charge in [-0.2, -0.15) is 0 Å². The summed E-state index contributed by atoms with van der Waals surface area (Å²) in [6.45, 7) is 2.48. The minimum Gasteiger partial charge on any atom is -0.493 e. The van der Waals surface area contributed by atoms with Gasteiger partial charge in [0.2, 0.25) is 5.91 Å². The van der Waals surface area contributed by atoms with Gasteiger partial charge in [-0.25, -0.2) is 4.79 Å². The van der Waals surface area contributed by atoms with E-state index in [4.69, 9.17) is 9.47 Å². The van der Waals surface area contributed by atoms with Crippen LogP contribution in [-0.4, -0.2) is 38.7 Å². The highest BCUT2D eigenvalue weighted by Gasteiger charge is 2.32. The Balaban J connectivity index is 1.61. The first-order valence-corrected chi connectivity index (χ1v) is 9.23. The Labute approximate surface area is 164 Å². The third-order valence-corrected chi connectivity index (χ3v) is 4.76. The van der Waals surface area contributed by atoms with Crippen molar-refractivity contribution >= 4 is 23.3 Å². The summed E-state index contributed by atoms with van der Waals surface area (Å²) in [6, 6.07) is 12.4. The number of methoxy groups -OCH3 is 2. The van der Waals surface area contributed by atoms with Crippen LogP contribution >= 0.6 is 0 Å². The quantitative estimate of drug-likeness (QED) is 0.803. The molecule has 2 N–H and O–H groups in total.